The molecule has 1 saturated heterocycles. The zero-order chi connectivity index (χ0) is 20.1. The summed E-state index contributed by atoms with van der Waals surface area (Å²) in [5, 5.41) is 2.86. The van der Waals surface area contributed by atoms with Gasteiger partial charge in [0.1, 0.15) is 0 Å². The van der Waals surface area contributed by atoms with Crippen molar-refractivity contribution in [3.8, 4) is 0 Å². The van der Waals surface area contributed by atoms with E-state index in [9.17, 15) is 9.59 Å². The molecule has 0 unspecified atom stereocenters. The predicted molar refractivity (Wildman–Crippen MR) is 115 cm³/mol. The Kier molecular flexibility index (Phi) is 5.56. The molecule has 29 heavy (non-hydrogen) atoms. The second-order valence-electron chi connectivity index (χ2n) is 7.02. The normalized spacial score (nSPS) is 13.8. The molecule has 1 aliphatic rings. The lowest BCUT2D eigenvalue weighted by atomic mass is 10.1. The molecule has 5 nitrogen and oxygen atoms in total. The van der Waals surface area contributed by atoms with Crippen LogP contribution in [0.4, 0.5) is 11.4 Å². The summed E-state index contributed by atoms with van der Waals surface area (Å²) in [4.78, 5) is 29.6. The summed E-state index contributed by atoms with van der Waals surface area (Å²) >= 11 is 0. The SMILES string of the molecule is O=C(Nc1ccccc1)c1cccc(C(=O)N2CCN(c3ccccc3)CC2)c1. The fraction of sp³-hybridized carbons (Fsp3) is 0.167. The average molecular weight is 385 g/mol. The van der Waals surface area contributed by atoms with E-state index in [4.69, 9.17) is 0 Å². The first-order valence-corrected chi connectivity index (χ1v) is 9.76. The Balaban J connectivity index is 1.40. The van der Waals surface area contributed by atoms with E-state index in [1.165, 1.54) is 5.69 Å². The number of anilines is 2. The number of nitrogens with zero attached hydrogens (tertiary/aromatic N) is 2. The van der Waals surface area contributed by atoms with Gasteiger partial charge in [0.05, 0.1) is 0 Å². The number of carbonyl (C=O) groups is 2. The molecule has 146 valence electrons. The fourth-order valence-corrected chi connectivity index (χ4v) is 3.51. The lowest BCUT2D eigenvalue weighted by Crippen LogP contribution is -2.48. The number of benzene rings is 3. The summed E-state index contributed by atoms with van der Waals surface area (Å²) in [5.41, 5.74) is 2.92. The van der Waals surface area contributed by atoms with Gasteiger partial charge in [-0.1, -0.05) is 42.5 Å². The number of para-hydroxylation sites is 2. The summed E-state index contributed by atoms with van der Waals surface area (Å²) in [6.45, 7) is 2.91. The van der Waals surface area contributed by atoms with E-state index in [0.717, 1.165) is 18.8 Å². The zero-order valence-corrected chi connectivity index (χ0v) is 16.1. The van der Waals surface area contributed by atoms with Crippen LogP contribution in [0.3, 0.4) is 0 Å². The van der Waals surface area contributed by atoms with E-state index in [0.29, 0.717) is 24.2 Å². The minimum Gasteiger partial charge on any atom is -0.368 e. The molecule has 0 saturated carbocycles. The molecule has 0 aliphatic carbocycles. The third-order valence-corrected chi connectivity index (χ3v) is 5.09. The second-order valence-corrected chi connectivity index (χ2v) is 7.02. The van der Waals surface area contributed by atoms with Crippen molar-refractivity contribution in [2.45, 2.75) is 0 Å². The van der Waals surface area contributed by atoms with Gasteiger partial charge in [-0.15, -0.1) is 0 Å². The lowest BCUT2D eigenvalue weighted by molar-refractivity contribution is 0.0747. The van der Waals surface area contributed by atoms with Crippen LogP contribution in [0.25, 0.3) is 0 Å². The monoisotopic (exact) mass is 385 g/mol. The van der Waals surface area contributed by atoms with Gasteiger partial charge in [0.2, 0.25) is 0 Å². The minimum absolute atomic E-state index is 0.0351. The van der Waals surface area contributed by atoms with Gasteiger partial charge >= 0.3 is 0 Å². The number of hydrogen-bond donors (Lipinski definition) is 1. The summed E-state index contributed by atoms with van der Waals surface area (Å²) in [7, 11) is 0. The smallest absolute Gasteiger partial charge is 0.255 e. The van der Waals surface area contributed by atoms with E-state index in [2.05, 4.69) is 22.3 Å². The first-order chi connectivity index (χ1) is 14.2. The molecule has 1 heterocycles. The Morgan fingerprint density at radius 3 is 2.00 bits per heavy atom. The average Bonchev–Trinajstić information content (AvgIpc) is 2.80. The van der Waals surface area contributed by atoms with Gasteiger partial charge in [-0.05, 0) is 42.5 Å². The summed E-state index contributed by atoms with van der Waals surface area (Å²) < 4.78 is 0. The number of rotatable bonds is 4. The van der Waals surface area contributed by atoms with Gasteiger partial charge in [0.25, 0.3) is 11.8 Å². The van der Waals surface area contributed by atoms with E-state index in [1.54, 1.807) is 24.3 Å². The maximum Gasteiger partial charge on any atom is 0.255 e. The standard InChI is InChI=1S/C24H23N3O2/c28-23(25-21-10-3-1-4-11-21)19-8-7-9-20(18-19)24(29)27-16-14-26(15-17-27)22-12-5-2-6-13-22/h1-13,18H,14-17H2,(H,25,28). The van der Waals surface area contributed by atoms with Gasteiger partial charge in [-0.25, -0.2) is 0 Å². The van der Waals surface area contributed by atoms with Gasteiger partial charge in [0, 0.05) is 48.7 Å². The maximum absolute atomic E-state index is 13.0. The molecule has 0 aromatic heterocycles. The molecule has 3 aromatic rings. The van der Waals surface area contributed by atoms with Crippen LogP contribution in [-0.4, -0.2) is 42.9 Å². The zero-order valence-electron chi connectivity index (χ0n) is 16.1. The number of amides is 2. The molecule has 5 heteroatoms. The number of piperazine rings is 1. The largest absolute Gasteiger partial charge is 0.368 e. The molecule has 1 fully saturated rings. The summed E-state index contributed by atoms with van der Waals surface area (Å²) in [6.07, 6.45) is 0. The van der Waals surface area contributed by atoms with Crippen molar-refractivity contribution in [3.63, 3.8) is 0 Å². The van der Waals surface area contributed by atoms with Crippen molar-refractivity contribution in [1.82, 2.24) is 4.90 Å². The van der Waals surface area contributed by atoms with Crippen molar-refractivity contribution in [3.05, 3.63) is 96.1 Å². The van der Waals surface area contributed by atoms with Crippen LogP contribution in [0.2, 0.25) is 0 Å². The van der Waals surface area contributed by atoms with Gasteiger partial charge in [-0.3, -0.25) is 9.59 Å². The molecule has 0 bridgehead atoms. The molecule has 0 atom stereocenters. The van der Waals surface area contributed by atoms with Crippen molar-refractivity contribution in [2.24, 2.45) is 0 Å². The summed E-state index contributed by atoms with van der Waals surface area (Å²) in [6, 6.07) is 26.5. The van der Waals surface area contributed by atoms with E-state index in [-0.39, 0.29) is 11.8 Å². The van der Waals surface area contributed by atoms with Crippen molar-refractivity contribution in [2.75, 3.05) is 36.4 Å². The van der Waals surface area contributed by atoms with Gasteiger partial charge in [-0.2, -0.15) is 0 Å². The number of nitrogens with one attached hydrogen (secondary N) is 1. The molecule has 1 aliphatic heterocycles. The fourth-order valence-electron chi connectivity index (χ4n) is 3.51. The molecular weight excluding hydrogens is 362 g/mol. The van der Waals surface area contributed by atoms with Crippen molar-refractivity contribution >= 4 is 23.2 Å². The third kappa shape index (κ3) is 4.46. The summed E-state index contributed by atoms with van der Waals surface area (Å²) in [5.74, 6) is -0.258. The highest BCUT2D eigenvalue weighted by atomic mass is 16.2. The minimum atomic E-state index is -0.222. The molecular formula is C24H23N3O2. The second kappa shape index (κ2) is 8.61. The van der Waals surface area contributed by atoms with Crippen molar-refractivity contribution in [1.29, 1.82) is 0 Å². The number of hydrogen-bond acceptors (Lipinski definition) is 3. The van der Waals surface area contributed by atoms with Crippen LogP contribution >= 0.6 is 0 Å². The highest BCUT2D eigenvalue weighted by Crippen LogP contribution is 2.18. The third-order valence-electron chi connectivity index (χ3n) is 5.09. The Morgan fingerprint density at radius 1 is 0.690 bits per heavy atom. The molecule has 4 rings (SSSR count). The maximum atomic E-state index is 13.0. The topological polar surface area (TPSA) is 52.7 Å². The molecule has 1 N–H and O–H groups in total. The number of carbonyl (C=O) groups excluding carboxylic acids is 2. The van der Waals surface area contributed by atoms with Crippen LogP contribution in [0, 0.1) is 0 Å². The van der Waals surface area contributed by atoms with Crippen LogP contribution in [0.5, 0.6) is 0 Å². The van der Waals surface area contributed by atoms with Crippen LogP contribution in [0.15, 0.2) is 84.9 Å². The van der Waals surface area contributed by atoms with E-state index < -0.39 is 0 Å². The van der Waals surface area contributed by atoms with Gasteiger partial charge in [0.15, 0.2) is 0 Å². The lowest BCUT2D eigenvalue weighted by Gasteiger charge is -2.36. The predicted octanol–water partition coefficient (Wildman–Crippen LogP) is 3.90. The quantitative estimate of drug-likeness (QED) is 0.741. The highest BCUT2D eigenvalue weighted by molar-refractivity contribution is 6.06. The van der Waals surface area contributed by atoms with E-state index in [1.807, 2.05) is 53.4 Å². The Bertz CT molecular complexity index is 981. The van der Waals surface area contributed by atoms with Crippen molar-refractivity contribution < 1.29 is 9.59 Å². The van der Waals surface area contributed by atoms with E-state index >= 15 is 0 Å². The van der Waals surface area contributed by atoms with Crippen LogP contribution in [-0.2, 0) is 0 Å². The van der Waals surface area contributed by atoms with Gasteiger partial charge < -0.3 is 15.1 Å². The van der Waals surface area contributed by atoms with Crippen LogP contribution in [0.1, 0.15) is 20.7 Å². The molecule has 0 spiro atoms. The Labute approximate surface area is 170 Å². The molecule has 0 radical (unpaired) electrons. The first-order valence-electron chi connectivity index (χ1n) is 9.76. The van der Waals surface area contributed by atoms with Crippen LogP contribution < -0.4 is 10.2 Å². The Hall–Kier alpha value is -3.60. The molecule has 2 amide bonds. The molecule has 3 aromatic carbocycles. The highest BCUT2D eigenvalue weighted by Gasteiger charge is 2.22. The Morgan fingerprint density at radius 2 is 1.31 bits per heavy atom. The first kappa shape index (κ1) is 18.7.